The Morgan fingerprint density at radius 1 is 1.54 bits per heavy atom. The van der Waals surface area contributed by atoms with E-state index in [4.69, 9.17) is 5.73 Å². The third kappa shape index (κ3) is 4.41. The number of hydrogen-bond acceptors (Lipinski definition) is 4. The van der Waals surface area contributed by atoms with Crippen molar-refractivity contribution in [2.24, 2.45) is 11.5 Å². The van der Waals surface area contributed by atoms with Crippen molar-refractivity contribution in [1.29, 1.82) is 0 Å². The van der Waals surface area contributed by atoms with Gasteiger partial charge >= 0.3 is 5.97 Å². The number of primary amides is 1. The molecule has 0 radical (unpaired) electrons. The molecule has 0 bridgehead atoms. The fourth-order valence-electron chi connectivity index (χ4n) is 0.685. The van der Waals surface area contributed by atoms with Crippen LogP contribution in [0.5, 0.6) is 0 Å². The van der Waals surface area contributed by atoms with Crippen LogP contribution in [0.4, 0.5) is 4.39 Å². The lowest BCUT2D eigenvalue weighted by atomic mass is 10.1. The van der Waals surface area contributed by atoms with Gasteiger partial charge in [-0.1, -0.05) is 0 Å². The van der Waals surface area contributed by atoms with Gasteiger partial charge in [0.05, 0.1) is 6.61 Å². The number of esters is 1. The minimum absolute atomic E-state index is 0.167. The second kappa shape index (κ2) is 5.47. The lowest BCUT2D eigenvalue weighted by molar-refractivity contribution is -0.145. The van der Waals surface area contributed by atoms with Gasteiger partial charge < -0.3 is 16.2 Å². The Morgan fingerprint density at radius 3 is 2.46 bits per heavy atom. The van der Waals surface area contributed by atoms with Crippen LogP contribution in [0.15, 0.2) is 0 Å². The van der Waals surface area contributed by atoms with Crippen molar-refractivity contribution < 1.29 is 18.7 Å². The minimum Gasteiger partial charge on any atom is -0.465 e. The summed E-state index contributed by atoms with van der Waals surface area (Å²) < 4.78 is 17.1. The maximum Gasteiger partial charge on any atom is 0.323 e. The van der Waals surface area contributed by atoms with Gasteiger partial charge in [0.15, 0.2) is 6.17 Å². The minimum atomic E-state index is -1.90. The Kier molecular flexibility index (Phi) is 4.98. The lowest BCUT2D eigenvalue weighted by Crippen LogP contribution is -2.38. The van der Waals surface area contributed by atoms with Gasteiger partial charge in [-0.05, 0) is 6.92 Å². The topological polar surface area (TPSA) is 95.4 Å². The van der Waals surface area contributed by atoms with E-state index in [2.05, 4.69) is 10.5 Å². The first-order valence-corrected chi connectivity index (χ1v) is 3.84. The molecule has 0 rings (SSSR count). The monoisotopic (exact) mass is 192 g/mol. The first-order valence-electron chi connectivity index (χ1n) is 3.84. The number of halogens is 1. The number of carbonyl (C=O) groups excluding carboxylic acids is 2. The van der Waals surface area contributed by atoms with Crippen molar-refractivity contribution in [3.8, 4) is 0 Å². The van der Waals surface area contributed by atoms with Crippen molar-refractivity contribution in [3.05, 3.63) is 0 Å². The number of nitrogens with two attached hydrogens (primary N) is 2. The number of ether oxygens (including phenoxy) is 1. The smallest absolute Gasteiger partial charge is 0.323 e. The molecule has 0 aliphatic carbocycles. The fourth-order valence-corrected chi connectivity index (χ4v) is 0.685. The lowest BCUT2D eigenvalue weighted by Gasteiger charge is -2.11. The van der Waals surface area contributed by atoms with Gasteiger partial charge in [-0.2, -0.15) is 0 Å². The number of amides is 1. The highest BCUT2D eigenvalue weighted by molar-refractivity contribution is 5.81. The zero-order chi connectivity index (χ0) is 10.4. The molecule has 5 nitrogen and oxygen atoms in total. The molecule has 0 saturated carbocycles. The van der Waals surface area contributed by atoms with Gasteiger partial charge in [0.25, 0.3) is 5.91 Å². The predicted octanol–water partition coefficient (Wildman–Crippen LogP) is -0.910. The number of carbonyl (C=O) groups is 2. The maximum absolute atomic E-state index is 12.6. The van der Waals surface area contributed by atoms with Crippen LogP contribution < -0.4 is 11.5 Å². The molecule has 0 aromatic heterocycles. The average Bonchev–Trinajstić information content (AvgIpc) is 2.04. The normalized spacial score (nSPS) is 14.7. The molecule has 76 valence electrons. The third-order valence-corrected chi connectivity index (χ3v) is 1.36. The molecule has 0 aromatic rings. The molecule has 0 aliphatic heterocycles. The Hall–Kier alpha value is -1.17. The molecule has 1 amide bonds. The summed E-state index contributed by atoms with van der Waals surface area (Å²) in [5.74, 6) is -1.86. The summed E-state index contributed by atoms with van der Waals surface area (Å²) in [6.45, 7) is 1.77. The molecule has 0 fully saturated rings. The Morgan fingerprint density at radius 2 is 2.08 bits per heavy atom. The molecule has 6 heteroatoms. The van der Waals surface area contributed by atoms with Gasteiger partial charge in [-0.3, -0.25) is 9.59 Å². The summed E-state index contributed by atoms with van der Waals surface area (Å²) in [7, 11) is 0. The zero-order valence-corrected chi connectivity index (χ0v) is 7.33. The second-order valence-corrected chi connectivity index (χ2v) is 2.46. The van der Waals surface area contributed by atoms with Crippen molar-refractivity contribution >= 4 is 11.9 Å². The Balaban J connectivity index is 3.92. The van der Waals surface area contributed by atoms with Gasteiger partial charge in [-0.15, -0.1) is 0 Å². The average molecular weight is 192 g/mol. The molecular formula is C7H13FN2O3. The standard InChI is InChI=1S/C7H13FN2O3/c1-2-13-7(12)5(9)3-4(8)6(10)11/h4-5H,2-3,9H2,1H3,(H2,10,11)/t4-,5-/m0/s1. The Labute approximate surface area is 75.2 Å². The molecular weight excluding hydrogens is 179 g/mol. The first-order chi connectivity index (χ1) is 5.99. The highest BCUT2D eigenvalue weighted by Crippen LogP contribution is 2.01. The molecule has 0 saturated heterocycles. The van der Waals surface area contributed by atoms with Crippen molar-refractivity contribution in [3.63, 3.8) is 0 Å². The van der Waals surface area contributed by atoms with E-state index in [-0.39, 0.29) is 6.61 Å². The molecule has 0 spiro atoms. The number of rotatable bonds is 5. The van der Waals surface area contributed by atoms with E-state index in [1.165, 1.54) is 0 Å². The summed E-state index contributed by atoms with van der Waals surface area (Å²) in [6, 6.07) is -1.14. The molecule has 0 unspecified atom stereocenters. The SMILES string of the molecule is CCOC(=O)[C@@H](N)C[C@H](F)C(N)=O. The fraction of sp³-hybridized carbons (Fsp3) is 0.714. The third-order valence-electron chi connectivity index (χ3n) is 1.36. The molecule has 4 N–H and O–H groups in total. The molecule has 2 atom stereocenters. The van der Waals surface area contributed by atoms with Crippen LogP contribution in [0.2, 0.25) is 0 Å². The summed E-state index contributed by atoms with van der Waals surface area (Å²) in [5, 5.41) is 0. The molecule has 0 aliphatic rings. The summed E-state index contributed by atoms with van der Waals surface area (Å²) >= 11 is 0. The van der Waals surface area contributed by atoms with Crippen LogP contribution in [0.1, 0.15) is 13.3 Å². The number of hydrogen-bond donors (Lipinski definition) is 2. The van der Waals surface area contributed by atoms with Gasteiger partial charge in [-0.25, -0.2) is 4.39 Å². The molecule has 0 heterocycles. The molecule has 0 aromatic carbocycles. The number of alkyl halides is 1. The van der Waals surface area contributed by atoms with E-state index in [1.807, 2.05) is 0 Å². The van der Waals surface area contributed by atoms with Crippen LogP contribution >= 0.6 is 0 Å². The van der Waals surface area contributed by atoms with Gasteiger partial charge in [0, 0.05) is 6.42 Å². The van der Waals surface area contributed by atoms with Crippen LogP contribution in [-0.4, -0.2) is 30.7 Å². The van der Waals surface area contributed by atoms with E-state index in [9.17, 15) is 14.0 Å². The first kappa shape index (κ1) is 11.8. The highest BCUT2D eigenvalue weighted by Gasteiger charge is 2.23. The van der Waals surface area contributed by atoms with Crippen LogP contribution in [0, 0.1) is 0 Å². The van der Waals surface area contributed by atoms with E-state index >= 15 is 0 Å². The van der Waals surface area contributed by atoms with Gasteiger partial charge in [0.1, 0.15) is 6.04 Å². The summed E-state index contributed by atoms with van der Waals surface area (Å²) in [6.07, 6.45) is -2.34. The van der Waals surface area contributed by atoms with Gasteiger partial charge in [0.2, 0.25) is 0 Å². The highest BCUT2D eigenvalue weighted by atomic mass is 19.1. The van der Waals surface area contributed by atoms with Crippen molar-refractivity contribution in [1.82, 2.24) is 0 Å². The van der Waals surface area contributed by atoms with E-state index in [1.54, 1.807) is 6.92 Å². The predicted molar refractivity (Wildman–Crippen MR) is 43.3 cm³/mol. The van der Waals surface area contributed by atoms with Crippen molar-refractivity contribution in [2.45, 2.75) is 25.6 Å². The quantitative estimate of drug-likeness (QED) is 0.551. The maximum atomic E-state index is 12.6. The van der Waals surface area contributed by atoms with Crippen LogP contribution in [-0.2, 0) is 14.3 Å². The van der Waals surface area contributed by atoms with Crippen LogP contribution in [0.3, 0.4) is 0 Å². The summed E-state index contributed by atoms with van der Waals surface area (Å²) in [5.41, 5.74) is 9.86. The van der Waals surface area contributed by atoms with Crippen molar-refractivity contribution in [2.75, 3.05) is 6.61 Å². The van der Waals surface area contributed by atoms with E-state index < -0.39 is 30.5 Å². The second-order valence-electron chi connectivity index (χ2n) is 2.46. The van der Waals surface area contributed by atoms with E-state index in [0.717, 1.165) is 0 Å². The largest absolute Gasteiger partial charge is 0.465 e. The Bertz CT molecular complexity index is 198. The molecule has 13 heavy (non-hydrogen) atoms. The van der Waals surface area contributed by atoms with Crippen LogP contribution in [0.25, 0.3) is 0 Å². The van der Waals surface area contributed by atoms with E-state index in [0.29, 0.717) is 0 Å². The summed E-state index contributed by atoms with van der Waals surface area (Å²) in [4.78, 5) is 21.1. The zero-order valence-electron chi connectivity index (χ0n) is 7.33.